The Kier molecular flexibility index (Phi) is 6.09. The van der Waals surface area contributed by atoms with E-state index in [9.17, 15) is 4.79 Å². The molecule has 0 saturated heterocycles. The van der Waals surface area contributed by atoms with E-state index in [4.69, 9.17) is 23.2 Å². The highest BCUT2D eigenvalue weighted by molar-refractivity contribution is 7.99. The minimum atomic E-state index is 0.0375. The van der Waals surface area contributed by atoms with Gasteiger partial charge in [0, 0.05) is 34.1 Å². The molecule has 3 rings (SSSR count). The van der Waals surface area contributed by atoms with Crippen LogP contribution in [0.4, 0.5) is 0 Å². The molecule has 0 amide bonds. The monoisotopic (exact) mass is 420 g/mol. The average molecular weight is 421 g/mol. The lowest BCUT2D eigenvalue weighted by Gasteiger charge is -2.05. The molecular weight excluding hydrogens is 403 g/mol. The summed E-state index contributed by atoms with van der Waals surface area (Å²) >= 11 is 13.5. The molecule has 0 aliphatic rings. The topological polar surface area (TPSA) is 63.6 Å². The Morgan fingerprint density at radius 3 is 2.85 bits per heavy atom. The number of carbonyl (C=O) groups excluding carboxylic acids is 1. The third-order valence-electron chi connectivity index (χ3n) is 4.17. The molecule has 0 radical (unpaired) electrons. The minimum absolute atomic E-state index is 0.0375. The standard InChI is InChI=1S/C19H18Cl2N4OS/c1-4-7-25-11(2)8-14(12(25)3)17(26)10-27-19-22-18(23-24-19)15-9-13(20)5-6-16(15)21/h4-6,8-9H,1,7,10H2,2-3H3,(H,22,23,24). The van der Waals surface area contributed by atoms with E-state index in [0.29, 0.717) is 33.1 Å². The number of aromatic nitrogens is 4. The first kappa shape index (κ1) is 19.7. The Hall–Kier alpha value is -2.02. The van der Waals surface area contributed by atoms with Crippen LogP contribution in [0, 0.1) is 13.8 Å². The Labute approximate surface area is 171 Å². The molecule has 0 aliphatic heterocycles. The smallest absolute Gasteiger partial charge is 0.209 e. The number of allylic oxidation sites excluding steroid dienone is 1. The Morgan fingerprint density at radius 2 is 2.11 bits per heavy atom. The first-order valence-corrected chi connectivity index (χ1v) is 9.96. The van der Waals surface area contributed by atoms with Crippen molar-refractivity contribution in [1.82, 2.24) is 19.7 Å². The van der Waals surface area contributed by atoms with Crippen molar-refractivity contribution in [2.24, 2.45) is 0 Å². The van der Waals surface area contributed by atoms with Crippen LogP contribution in [0.25, 0.3) is 11.4 Å². The first-order valence-electron chi connectivity index (χ1n) is 8.22. The van der Waals surface area contributed by atoms with E-state index < -0.39 is 0 Å². The van der Waals surface area contributed by atoms with Crippen LogP contribution in [0.1, 0.15) is 21.7 Å². The van der Waals surface area contributed by atoms with Crippen molar-refractivity contribution in [2.45, 2.75) is 25.5 Å². The van der Waals surface area contributed by atoms with Crippen LogP contribution < -0.4 is 0 Å². The molecule has 0 fully saturated rings. The molecule has 0 spiro atoms. The van der Waals surface area contributed by atoms with Crippen LogP contribution in [-0.4, -0.2) is 31.3 Å². The number of nitrogens with zero attached hydrogens (tertiary/aromatic N) is 3. The van der Waals surface area contributed by atoms with Gasteiger partial charge in [0.25, 0.3) is 0 Å². The van der Waals surface area contributed by atoms with Gasteiger partial charge in [-0.2, -0.15) is 0 Å². The fraction of sp³-hybridized carbons (Fsp3) is 0.211. The number of aryl methyl sites for hydroxylation is 1. The predicted molar refractivity (Wildman–Crippen MR) is 111 cm³/mol. The molecule has 3 aromatic rings. The minimum Gasteiger partial charge on any atom is -0.345 e. The highest BCUT2D eigenvalue weighted by atomic mass is 35.5. The van der Waals surface area contributed by atoms with Gasteiger partial charge in [-0.1, -0.05) is 41.0 Å². The van der Waals surface area contributed by atoms with Gasteiger partial charge in [0.1, 0.15) is 0 Å². The summed E-state index contributed by atoms with van der Waals surface area (Å²) in [6.45, 7) is 8.37. The molecular formula is C19H18Cl2N4OS. The fourth-order valence-corrected chi connectivity index (χ4v) is 3.87. The maximum absolute atomic E-state index is 12.6. The van der Waals surface area contributed by atoms with E-state index in [0.717, 1.165) is 17.0 Å². The number of rotatable bonds is 7. The zero-order valence-electron chi connectivity index (χ0n) is 14.9. The molecule has 1 aromatic carbocycles. The number of nitrogens with one attached hydrogen (secondary N) is 1. The summed E-state index contributed by atoms with van der Waals surface area (Å²) in [5.74, 6) is 0.802. The van der Waals surface area contributed by atoms with Crippen LogP contribution in [-0.2, 0) is 6.54 Å². The number of H-pyrrole nitrogens is 1. The zero-order chi connectivity index (χ0) is 19.6. The molecule has 0 saturated carbocycles. The summed E-state index contributed by atoms with van der Waals surface area (Å²) in [5, 5.41) is 8.57. The molecule has 0 aliphatic carbocycles. The van der Waals surface area contributed by atoms with Gasteiger partial charge < -0.3 is 4.57 Å². The van der Waals surface area contributed by atoms with Crippen molar-refractivity contribution in [1.29, 1.82) is 0 Å². The largest absolute Gasteiger partial charge is 0.345 e. The second-order valence-corrected chi connectivity index (χ2v) is 7.77. The van der Waals surface area contributed by atoms with Gasteiger partial charge >= 0.3 is 0 Å². The summed E-state index contributed by atoms with van der Waals surface area (Å²) in [6, 6.07) is 7.05. The molecule has 27 heavy (non-hydrogen) atoms. The molecule has 2 aromatic heterocycles. The number of aromatic amines is 1. The van der Waals surface area contributed by atoms with Gasteiger partial charge in [-0.15, -0.1) is 11.7 Å². The average Bonchev–Trinajstić information content (AvgIpc) is 3.22. The highest BCUT2D eigenvalue weighted by Crippen LogP contribution is 2.29. The molecule has 0 bridgehead atoms. The van der Waals surface area contributed by atoms with Gasteiger partial charge in [0.2, 0.25) is 5.16 Å². The van der Waals surface area contributed by atoms with Crippen molar-refractivity contribution in [3.63, 3.8) is 0 Å². The van der Waals surface area contributed by atoms with Crippen molar-refractivity contribution in [3.8, 4) is 11.4 Å². The number of hydrogen-bond acceptors (Lipinski definition) is 4. The van der Waals surface area contributed by atoms with Gasteiger partial charge in [-0.3, -0.25) is 9.89 Å². The normalized spacial score (nSPS) is 11.0. The summed E-state index contributed by atoms with van der Waals surface area (Å²) in [4.78, 5) is 17.0. The Morgan fingerprint density at radius 1 is 1.33 bits per heavy atom. The van der Waals surface area contributed by atoms with Crippen molar-refractivity contribution >= 4 is 40.7 Å². The Bertz CT molecular complexity index is 1010. The predicted octanol–water partition coefficient (Wildman–Crippen LogP) is 5.36. The van der Waals surface area contributed by atoms with Crippen LogP contribution in [0.15, 0.2) is 42.1 Å². The molecule has 8 heteroatoms. The fourth-order valence-electron chi connectivity index (χ4n) is 2.81. The van der Waals surface area contributed by atoms with Crippen LogP contribution in [0.2, 0.25) is 10.0 Å². The van der Waals surface area contributed by atoms with Gasteiger partial charge in [0.05, 0.1) is 10.8 Å². The van der Waals surface area contributed by atoms with Crippen LogP contribution in [0.3, 0.4) is 0 Å². The first-order chi connectivity index (χ1) is 12.9. The summed E-state index contributed by atoms with van der Waals surface area (Å²) in [6.07, 6.45) is 1.82. The van der Waals surface area contributed by atoms with Gasteiger partial charge in [-0.05, 0) is 38.1 Å². The van der Waals surface area contributed by atoms with Gasteiger partial charge in [0.15, 0.2) is 11.6 Å². The SMILES string of the molecule is C=CCn1c(C)cc(C(=O)CSc2n[nH]c(-c3cc(Cl)ccc3Cl)n2)c1C. The number of thioether (sulfide) groups is 1. The molecule has 5 nitrogen and oxygen atoms in total. The quantitative estimate of drug-likeness (QED) is 0.317. The van der Waals surface area contributed by atoms with Crippen molar-refractivity contribution in [3.05, 3.63) is 63.9 Å². The number of halogens is 2. The molecule has 0 unspecified atom stereocenters. The van der Waals surface area contributed by atoms with Crippen molar-refractivity contribution in [2.75, 3.05) is 5.75 Å². The van der Waals surface area contributed by atoms with Crippen LogP contribution >= 0.6 is 35.0 Å². The number of ketones is 1. The third kappa shape index (κ3) is 4.29. The van der Waals surface area contributed by atoms with E-state index in [1.54, 1.807) is 18.2 Å². The Balaban J connectivity index is 1.72. The lowest BCUT2D eigenvalue weighted by molar-refractivity contribution is 0.102. The number of Topliss-reactive ketones (excluding diaryl/α,β-unsaturated/α-hetero) is 1. The maximum atomic E-state index is 12.6. The molecule has 2 heterocycles. The summed E-state index contributed by atoms with van der Waals surface area (Å²) < 4.78 is 2.07. The third-order valence-corrected chi connectivity index (χ3v) is 5.58. The number of hydrogen-bond donors (Lipinski definition) is 1. The van der Waals surface area contributed by atoms with Gasteiger partial charge in [-0.25, -0.2) is 4.98 Å². The van der Waals surface area contributed by atoms with E-state index in [1.165, 1.54) is 11.8 Å². The second-order valence-electron chi connectivity index (χ2n) is 5.99. The van der Waals surface area contributed by atoms with E-state index in [2.05, 4.69) is 26.3 Å². The second kappa shape index (κ2) is 8.33. The van der Waals surface area contributed by atoms with E-state index in [1.807, 2.05) is 26.0 Å². The molecule has 0 atom stereocenters. The van der Waals surface area contributed by atoms with Crippen LogP contribution in [0.5, 0.6) is 0 Å². The summed E-state index contributed by atoms with van der Waals surface area (Å²) in [5.41, 5.74) is 3.37. The molecule has 1 N–H and O–H groups in total. The highest BCUT2D eigenvalue weighted by Gasteiger charge is 2.17. The lowest BCUT2D eigenvalue weighted by Crippen LogP contribution is -2.06. The zero-order valence-corrected chi connectivity index (χ0v) is 17.3. The number of benzene rings is 1. The molecule has 140 valence electrons. The van der Waals surface area contributed by atoms with Crippen molar-refractivity contribution < 1.29 is 4.79 Å². The summed E-state index contributed by atoms with van der Waals surface area (Å²) in [7, 11) is 0. The lowest BCUT2D eigenvalue weighted by atomic mass is 10.2. The van der Waals surface area contributed by atoms with E-state index >= 15 is 0 Å². The number of carbonyl (C=O) groups is 1. The maximum Gasteiger partial charge on any atom is 0.209 e. The van der Waals surface area contributed by atoms with E-state index in [-0.39, 0.29) is 11.5 Å².